The number of aromatic nitrogens is 1. The number of nitrogens with zero attached hydrogens (tertiary/aromatic N) is 2. The van der Waals surface area contributed by atoms with Crippen molar-refractivity contribution in [2.24, 2.45) is 0 Å². The topological polar surface area (TPSA) is 82.3 Å². The van der Waals surface area contributed by atoms with Gasteiger partial charge in [-0.25, -0.2) is 4.79 Å². The van der Waals surface area contributed by atoms with Gasteiger partial charge in [0.25, 0.3) is 5.69 Å². The minimum absolute atomic E-state index is 0.0151. The molecule has 3 aromatic rings. The number of pyridine rings is 1. The Morgan fingerprint density at radius 1 is 1.12 bits per heavy atom. The molecule has 24 heavy (non-hydrogen) atoms. The Bertz CT molecular complexity index is 975. The molecule has 120 valence electrons. The highest BCUT2D eigenvalue weighted by Gasteiger charge is 2.18. The zero-order chi connectivity index (χ0) is 17.3. The first kappa shape index (κ1) is 16.2. The van der Waals surface area contributed by atoms with Crippen LogP contribution in [0.2, 0.25) is 10.0 Å². The minimum atomic E-state index is -0.746. The third-order valence-corrected chi connectivity index (χ3v) is 3.91. The van der Waals surface area contributed by atoms with E-state index >= 15 is 0 Å². The fourth-order valence-corrected chi connectivity index (χ4v) is 2.60. The number of nitro benzene ring substituents is 1. The minimum Gasteiger partial charge on any atom is -0.421 e. The van der Waals surface area contributed by atoms with Crippen molar-refractivity contribution in [1.29, 1.82) is 0 Å². The second-order valence-electron chi connectivity index (χ2n) is 4.76. The number of halogens is 2. The van der Waals surface area contributed by atoms with Crippen LogP contribution in [0.3, 0.4) is 0 Å². The first-order valence-corrected chi connectivity index (χ1v) is 7.42. The first-order valence-electron chi connectivity index (χ1n) is 6.66. The second-order valence-corrected chi connectivity index (χ2v) is 5.57. The van der Waals surface area contributed by atoms with E-state index in [0.717, 1.165) is 6.07 Å². The molecule has 0 amide bonds. The molecule has 0 radical (unpaired) electrons. The van der Waals surface area contributed by atoms with Gasteiger partial charge in [0.15, 0.2) is 5.75 Å². The predicted molar refractivity (Wildman–Crippen MR) is 89.8 cm³/mol. The highest BCUT2D eigenvalue weighted by molar-refractivity contribution is 6.35. The van der Waals surface area contributed by atoms with Crippen LogP contribution in [-0.4, -0.2) is 15.9 Å². The molecule has 0 aliphatic rings. The Labute approximate surface area is 145 Å². The summed E-state index contributed by atoms with van der Waals surface area (Å²) in [4.78, 5) is 26.6. The van der Waals surface area contributed by atoms with Crippen LogP contribution in [0.4, 0.5) is 5.69 Å². The number of esters is 1. The van der Waals surface area contributed by atoms with Gasteiger partial charge in [0.05, 0.1) is 20.5 Å². The summed E-state index contributed by atoms with van der Waals surface area (Å²) in [7, 11) is 0. The van der Waals surface area contributed by atoms with Crippen LogP contribution >= 0.6 is 23.2 Å². The molecule has 0 N–H and O–H groups in total. The van der Waals surface area contributed by atoms with Crippen LogP contribution in [0.1, 0.15) is 10.4 Å². The molecular formula is C16H8Cl2N2O4. The Morgan fingerprint density at radius 3 is 2.62 bits per heavy atom. The number of carbonyl (C=O) groups is 1. The summed E-state index contributed by atoms with van der Waals surface area (Å²) in [5.74, 6) is -0.529. The summed E-state index contributed by atoms with van der Waals surface area (Å²) in [6.07, 6.45) is 1.55. The van der Waals surface area contributed by atoms with Crippen molar-refractivity contribution in [3.63, 3.8) is 0 Å². The van der Waals surface area contributed by atoms with E-state index < -0.39 is 10.9 Å². The summed E-state index contributed by atoms with van der Waals surface area (Å²) < 4.78 is 5.34. The number of fused-ring (bicyclic) bond motifs is 1. The van der Waals surface area contributed by atoms with Crippen molar-refractivity contribution in [1.82, 2.24) is 4.98 Å². The molecule has 1 heterocycles. The van der Waals surface area contributed by atoms with Crippen molar-refractivity contribution in [2.45, 2.75) is 0 Å². The summed E-state index contributed by atoms with van der Waals surface area (Å²) in [6, 6.07) is 10.1. The molecule has 0 aliphatic heterocycles. The molecule has 0 saturated heterocycles. The molecule has 0 saturated carbocycles. The highest BCUT2D eigenvalue weighted by atomic mass is 35.5. The Hall–Kier alpha value is -2.70. The number of hydrogen-bond acceptors (Lipinski definition) is 5. The summed E-state index contributed by atoms with van der Waals surface area (Å²) in [5, 5.41) is 11.8. The lowest BCUT2D eigenvalue weighted by molar-refractivity contribution is -0.384. The van der Waals surface area contributed by atoms with Crippen LogP contribution < -0.4 is 4.74 Å². The standard InChI is InChI=1S/C16H8Cl2N2O4/c17-12-5-6-14(15-10(12)2-1-7-19-15)24-16(21)11-4-3-9(20(22)23)8-13(11)18/h1-8H. The summed E-state index contributed by atoms with van der Waals surface area (Å²) in [6.45, 7) is 0. The molecule has 0 unspecified atom stereocenters. The quantitative estimate of drug-likeness (QED) is 0.292. The molecule has 0 atom stereocenters. The number of benzene rings is 2. The van der Waals surface area contributed by atoms with Gasteiger partial charge in [-0.2, -0.15) is 0 Å². The number of rotatable bonds is 3. The van der Waals surface area contributed by atoms with Crippen LogP contribution in [0.5, 0.6) is 5.75 Å². The molecule has 2 aromatic carbocycles. The normalized spacial score (nSPS) is 10.6. The maximum atomic E-state index is 12.3. The van der Waals surface area contributed by atoms with Crippen molar-refractivity contribution in [3.8, 4) is 5.75 Å². The van der Waals surface area contributed by atoms with Gasteiger partial charge in [0.1, 0.15) is 5.52 Å². The van der Waals surface area contributed by atoms with Crippen molar-refractivity contribution in [2.75, 3.05) is 0 Å². The zero-order valence-corrected chi connectivity index (χ0v) is 13.4. The molecule has 8 heteroatoms. The van der Waals surface area contributed by atoms with Crippen molar-refractivity contribution >= 4 is 45.8 Å². The lowest BCUT2D eigenvalue weighted by atomic mass is 10.2. The average molecular weight is 363 g/mol. The maximum absolute atomic E-state index is 12.3. The van der Waals surface area contributed by atoms with Gasteiger partial charge in [-0.05, 0) is 30.3 Å². The van der Waals surface area contributed by atoms with E-state index in [-0.39, 0.29) is 22.0 Å². The van der Waals surface area contributed by atoms with Gasteiger partial charge >= 0.3 is 5.97 Å². The maximum Gasteiger partial charge on any atom is 0.345 e. The number of non-ortho nitro benzene ring substituents is 1. The van der Waals surface area contributed by atoms with Gasteiger partial charge in [-0.1, -0.05) is 23.2 Å². The molecule has 0 fully saturated rings. The van der Waals surface area contributed by atoms with Crippen LogP contribution in [0, 0.1) is 10.1 Å². The lowest BCUT2D eigenvalue weighted by Crippen LogP contribution is -2.10. The average Bonchev–Trinajstić information content (AvgIpc) is 2.57. The first-order chi connectivity index (χ1) is 11.5. The Kier molecular flexibility index (Phi) is 4.33. The molecule has 0 bridgehead atoms. The fraction of sp³-hybridized carbons (Fsp3) is 0. The van der Waals surface area contributed by atoms with E-state index in [4.69, 9.17) is 27.9 Å². The molecule has 3 rings (SSSR count). The van der Waals surface area contributed by atoms with E-state index in [1.54, 1.807) is 24.4 Å². The summed E-state index contributed by atoms with van der Waals surface area (Å²) in [5.41, 5.74) is 0.229. The molecule has 6 nitrogen and oxygen atoms in total. The number of hydrogen-bond donors (Lipinski definition) is 0. The number of carbonyl (C=O) groups excluding carboxylic acids is 1. The molecule has 0 spiro atoms. The Morgan fingerprint density at radius 2 is 1.92 bits per heavy atom. The largest absolute Gasteiger partial charge is 0.421 e. The van der Waals surface area contributed by atoms with Crippen LogP contribution in [0.25, 0.3) is 10.9 Å². The van der Waals surface area contributed by atoms with Gasteiger partial charge < -0.3 is 4.74 Å². The van der Waals surface area contributed by atoms with Gasteiger partial charge in [0, 0.05) is 23.7 Å². The predicted octanol–water partition coefficient (Wildman–Crippen LogP) is 4.67. The van der Waals surface area contributed by atoms with E-state index in [1.165, 1.54) is 18.2 Å². The highest BCUT2D eigenvalue weighted by Crippen LogP contribution is 2.31. The van der Waals surface area contributed by atoms with Gasteiger partial charge in [0.2, 0.25) is 0 Å². The molecule has 0 aliphatic carbocycles. The van der Waals surface area contributed by atoms with E-state index in [0.29, 0.717) is 15.9 Å². The number of nitro groups is 1. The van der Waals surface area contributed by atoms with Crippen LogP contribution in [-0.2, 0) is 0 Å². The number of ether oxygens (including phenoxy) is 1. The molecular weight excluding hydrogens is 355 g/mol. The SMILES string of the molecule is O=C(Oc1ccc(Cl)c2cccnc12)c1ccc([N+](=O)[O-])cc1Cl. The smallest absolute Gasteiger partial charge is 0.345 e. The van der Waals surface area contributed by atoms with E-state index in [9.17, 15) is 14.9 Å². The third kappa shape index (κ3) is 3.02. The van der Waals surface area contributed by atoms with Crippen LogP contribution in [0.15, 0.2) is 48.7 Å². The van der Waals surface area contributed by atoms with E-state index in [1.807, 2.05) is 0 Å². The Balaban J connectivity index is 1.96. The zero-order valence-electron chi connectivity index (χ0n) is 11.9. The van der Waals surface area contributed by atoms with Gasteiger partial charge in [-0.15, -0.1) is 0 Å². The van der Waals surface area contributed by atoms with Gasteiger partial charge in [-0.3, -0.25) is 15.1 Å². The second kappa shape index (κ2) is 6.43. The van der Waals surface area contributed by atoms with Crippen molar-refractivity contribution < 1.29 is 14.5 Å². The summed E-state index contributed by atoms with van der Waals surface area (Å²) >= 11 is 12.0. The molecule has 1 aromatic heterocycles. The lowest BCUT2D eigenvalue weighted by Gasteiger charge is -2.09. The monoisotopic (exact) mass is 362 g/mol. The van der Waals surface area contributed by atoms with E-state index in [2.05, 4.69) is 4.98 Å². The van der Waals surface area contributed by atoms with Crippen molar-refractivity contribution in [3.05, 3.63) is 74.4 Å². The third-order valence-electron chi connectivity index (χ3n) is 3.27. The fourth-order valence-electron chi connectivity index (χ4n) is 2.13.